The summed E-state index contributed by atoms with van der Waals surface area (Å²) in [6.07, 6.45) is 6.15. The van der Waals surface area contributed by atoms with E-state index >= 15 is 0 Å². The van der Waals surface area contributed by atoms with Crippen LogP contribution in [0.1, 0.15) is 24.6 Å². The van der Waals surface area contributed by atoms with E-state index in [4.69, 9.17) is 0 Å². The number of benzene rings is 1. The van der Waals surface area contributed by atoms with Gasteiger partial charge < -0.3 is 5.11 Å². The summed E-state index contributed by atoms with van der Waals surface area (Å²) in [6.45, 7) is 0. The molecule has 1 aliphatic carbocycles. The highest BCUT2D eigenvalue weighted by atomic mass is 16.3. The third-order valence-corrected chi connectivity index (χ3v) is 2.81. The molecule has 0 spiro atoms. The standard InChI is InChI=1S/C13H12N2O/c16-12-5-3-9(4-6-12)11-7-14-13(15-8-11)10-1-2-10/h3-8,10,16H,1-2H2. The molecule has 1 aromatic carbocycles. The van der Waals surface area contributed by atoms with Gasteiger partial charge in [0.25, 0.3) is 0 Å². The number of phenols is 1. The molecule has 0 unspecified atom stereocenters. The van der Waals surface area contributed by atoms with Crippen LogP contribution in [0.5, 0.6) is 5.75 Å². The second-order valence-electron chi connectivity index (χ2n) is 4.15. The molecule has 3 rings (SSSR count). The largest absolute Gasteiger partial charge is 0.508 e. The molecule has 1 N–H and O–H groups in total. The quantitative estimate of drug-likeness (QED) is 0.832. The molecular weight excluding hydrogens is 200 g/mol. The summed E-state index contributed by atoms with van der Waals surface area (Å²) in [4.78, 5) is 8.73. The van der Waals surface area contributed by atoms with Gasteiger partial charge in [0.2, 0.25) is 0 Å². The van der Waals surface area contributed by atoms with Crippen LogP contribution in [0.2, 0.25) is 0 Å². The fraction of sp³-hybridized carbons (Fsp3) is 0.231. The molecule has 0 saturated heterocycles. The van der Waals surface area contributed by atoms with E-state index in [2.05, 4.69) is 9.97 Å². The lowest BCUT2D eigenvalue weighted by Crippen LogP contribution is -1.91. The minimum absolute atomic E-state index is 0.277. The zero-order valence-electron chi connectivity index (χ0n) is 8.80. The number of rotatable bonds is 2. The van der Waals surface area contributed by atoms with Gasteiger partial charge in [0.15, 0.2) is 0 Å². The second-order valence-corrected chi connectivity index (χ2v) is 4.15. The Morgan fingerprint density at radius 3 is 2.12 bits per heavy atom. The minimum Gasteiger partial charge on any atom is -0.508 e. The maximum atomic E-state index is 9.20. The number of aromatic nitrogens is 2. The Balaban J connectivity index is 1.91. The van der Waals surface area contributed by atoms with Crippen molar-refractivity contribution in [3.8, 4) is 16.9 Å². The molecule has 1 fully saturated rings. The molecule has 0 aliphatic heterocycles. The minimum atomic E-state index is 0.277. The van der Waals surface area contributed by atoms with Crippen molar-refractivity contribution in [3.05, 3.63) is 42.5 Å². The normalized spacial score (nSPS) is 15.0. The van der Waals surface area contributed by atoms with Gasteiger partial charge in [-0.05, 0) is 30.5 Å². The van der Waals surface area contributed by atoms with Gasteiger partial charge in [0, 0.05) is 23.9 Å². The van der Waals surface area contributed by atoms with E-state index in [1.807, 2.05) is 24.5 Å². The monoisotopic (exact) mass is 212 g/mol. The van der Waals surface area contributed by atoms with Crippen LogP contribution in [0.25, 0.3) is 11.1 Å². The first-order chi connectivity index (χ1) is 7.83. The van der Waals surface area contributed by atoms with E-state index in [0.29, 0.717) is 5.92 Å². The lowest BCUT2D eigenvalue weighted by Gasteiger charge is -2.02. The molecule has 1 aliphatic rings. The number of aromatic hydroxyl groups is 1. The first kappa shape index (κ1) is 9.33. The summed E-state index contributed by atoms with van der Waals surface area (Å²) in [6, 6.07) is 7.07. The predicted molar refractivity (Wildman–Crippen MR) is 61.1 cm³/mol. The van der Waals surface area contributed by atoms with Crippen molar-refractivity contribution in [2.45, 2.75) is 18.8 Å². The molecule has 1 aromatic heterocycles. The molecule has 3 heteroatoms. The zero-order chi connectivity index (χ0) is 11.0. The fourth-order valence-corrected chi connectivity index (χ4v) is 1.69. The SMILES string of the molecule is Oc1ccc(-c2cnc(C3CC3)nc2)cc1. The maximum absolute atomic E-state index is 9.20. The molecule has 1 saturated carbocycles. The molecule has 3 nitrogen and oxygen atoms in total. The fourth-order valence-electron chi connectivity index (χ4n) is 1.69. The Hall–Kier alpha value is -1.90. The number of nitrogens with zero attached hydrogens (tertiary/aromatic N) is 2. The van der Waals surface area contributed by atoms with Crippen molar-refractivity contribution < 1.29 is 5.11 Å². The van der Waals surface area contributed by atoms with Crippen molar-refractivity contribution in [2.24, 2.45) is 0 Å². The third-order valence-electron chi connectivity index (χ3n) is 2.81. The van der Waals surface area contributed by atoms with Gasteiger partial charge in [0.1, 0.15) is 11.6 Å². The molecule has 80 valence electrons. The summed E-state index contributed by atoms with van der Waals surface area (Å²) in [5.41, 5.74) is 2.02. The Bertz CT molecular complexity index is 486. The summed E-state index contributed by atoms with van der Waals surface area (Å²) in [5, 5.41) is 9.20. The summed E-state index contributed by atoms with van der Waals surface area (Å²) in [5.74, 6) is 1.83. The second kappa shape index (κ2) is 3.59. The van der Waals surface area contributed by atoms with Crippen LogP contribution >= 0.6 is 0 Å². The predicted octanol–water partition coefficient (Wildman–Crippen LogP) is 2.73. The van der Waals surface area contributed by atoms with E-state index in [0.717, 1.165) is 17.0 Å². The first-order valence-corrected chi connectivity index (χ1v) is 5.44. The molecule has 0 bridgehead atoms. The van der Waals surface area contributed by atoms with Crippen molar-refractivity contribution >= 4 is 0 Å². The Morgan fingerprint density at radius 1 is 0.938 bits per heavy atom. The maximum Gasteiger partial charge on any atom is 0.131 e. The van der Waals surface area contributed by atoms with Gasteiger partial charge in [-0.25, -0.2) is 9.97 Å². The molecule has 0 amide bonds. The highest BCUT2D eigenvalue weighted by Crippen LogP contribution is 2.37. The van der Waals surface area contributed by atoms with Gasteiger partial charge in [-0.1, -0.05) is 12.1 Å². The van der Waals surface area contributed by atoms with Crippen LogP contribution < -0.4 is 0 Å². The number of phenolic OH excluding ortho intramolecular Hbond substituents is 1. The average molecular weight is 212 g/mol. The molecular formula is C13H12N2O. The highest BCUT2D eigenvalue weighted by molar-refractivity contribution is 5.62. The Labute approximate surface area is 93.8 Å². The lowest BCUT2D eigenvalue weighted by atomic mass is 10.1. The smallest absolute Gasteiger partial charge is 0.131 e. The highest BCUT2D eigenvalue weighted by Gasteiger charge is 2.26. The van der Waals surface area contributed by atoms with Crippen LogP contribution in [0.15, 0.2) is 36.7 Å². The lowest BCUT2D eigenvalue weighted by molar-refractivity contribution is 0.475. The summed E-state index contributed by atoms with van der Waals surface area (Å²) in [7, 11) is 0. The summed E-state index contributed by atoms with van der Waals surface area (Å²) < 4.78 is 0. The van der Waals surface area contributed by atoms with Gasteiger partial charge in [-0.15, -0.1) is 0 Å². The van der Waals surface area contributed by atoms with E-state index in [9.17, 15) is 5.11 Å². The van der Waals surface area contributed by atoms with Crippen LogP contribution in [0, 0.1) is 0 Å². The van der Waals surface area contributed by atoms with E-state index in [1.54, 1.807) is 12.1 Å². The van der Waals surface area contributed by atoms with Gasteiger partial charge >= 0.3 is 0 Å². The van der Waals surface area contributed by atoms with E-state index < -0.39 is 0 Å². The van der Waals surface area contributed by atoms with Crippen molar-refractivity contribution in [3.63, 3.8) is 0 Å². The number of hydrogen-bond donors (Lipinski definition) is 1. The van der Waals surface area contributed by atoms with Crippen LogP contribution in [-0.2, 0) is 0 Å². The van der Waals surface area contributed by atoms with Crippen LogP contribution in [-0.4, -0.2) is 15.1 Å². The van der Waals surface area contributed by atoms with Crippen molar-refractivity contribution in [1.82, 2.24) is 9.97 Å². The number of hydrogen-bond acceptors (Lipinski definition) is 3. The summed E-state index contributed by atoms with van der Waals surface area (Å²) >= 11 is 0. The van der Waals surface area contributed by atoms with Crippen molar-refractivity contribution in [2.75, 3.05) is 0 Å². The van der Waals surface area contributed by atoms with Crippen LogP contribution in [0.4, 0.5) is 0 Å². The molecule has 0 radical (unpaired) electrons. The van der Waals surface area contributed by atoms with Gasteiger partial charge in [-0.3, -0.25) is 0 Å². The molecule has 16 heavy (non-hydrogen) atoms. The first-order valence-electron chi connectivity index (χ1n) is 5.44. The van der Waals surface area contributed by atoms with Gasteiger partial charge in [0.05, 0.1) is 0 Å². The molecule has 0 atom stereocenters. The third kappa shape index (κ3) is 1.76. The van der Waals surface area contributed by atoms with Crippen molar-refractivity contribution in [1.29, 1.82) is 0 Å². The van der Waals surface area contributed by atoms with E-state index in [1.165, 1.54) is 12.8 Å². The molecule has 2 aromatic rings. The average Bonchev–Trinajstić information content (AvgIpc) is 3.14. The Kier molecular flexibility index (Phi) is 2.10. The zero-order valence-corrected chi connectivity index (χ0v) is 8.80. The van der Waals surface area contributed by atoms with Gasteiger partial charge in [-0.2, -0.15) is 0 Å². The topological polar surface area (TPSA) is 46.0 Å². The van der Waals surface area contributed by atoms with Crippen LogP contribution in [0.3, 0.4) is 0 Å². The molecule has 1 heterocycles. The Morgan fingerprint density at radius 2 is 1.56 bits per heavy atom. The van der Waals surface area contributed by atoms with E-state index in [-0.39, 0.29) is 5.75 Å².